The van der Waals surface area contributed by atoms with Crippen molar-refractivity contribution in [3.8, 4) is 0 Å². The molecule has 0 aliphatic carbocycles. The Kier molecular flexibility index (Phi) is 7.89. The lowest BCUT2D eigenvalue weighted by Gasteiger charge is -2.17. The topological polar surface area (TPSA) is 99.1 Å². The zero-order chi connectivity index (χ0) is 24.0. The smallest absolute Gasteiger partial charge is 0.331 e. The van der Waals surface area contributed by atoms with Gasteiger partial charge in [0.05, 0.1) is 13.1 Å². The van der Waals surface area contributed by atoms with Crippen molar-refractivity contribution in [2.24, 2.45) is 5.73 Å². The zero-order valence-corrected chi connectivity index (χ0v) is 18.3. The van der Waals surface area contributed by atoms with Crippen molar-refractivity contribution in [3.05, 3.63) is 104 Å². The quantitative estimate of drug-likeness (QED) is 0.484. The number of unbranched alkanes of at least 4 members (excludes halogenated alkanes) is 1. The van der Waals surface area contributed by atoms with E-state index in [2.05, 4.69) is 5.32 Å². The number of hydrogen-bond donors (Lipinski definition) is 2. The summed E-state index contributed by atoms with van der Waals surface area (Å²) in [5, 5.41) is 2.64. The molecule has 0 aliphatic heterocycles. The Hall–Kier alpha value is -3.59. The highest BCUT2D eigenvalue weighted by atomic mass is 19.1. The minimum atomic E-state index is -0.838. The van der Waals surface area contributed by atoms with Crippen molar-refractivity contribution in [3.63, 3.8) is 0 Å². The van der Waals surface area contributed by atoms with Gasteiger partial charge in [0.15, 0.2) is 0 Å². The molecule has 3 N–H and O–H groups in total. The summed E-state index contributed by atoms with van der Waals surface area (Å²) in [6.07, 6.45) is 2.59. The van der Waals surface area contributed by atoms with Gasteiger partial charge in [-0.25, -0.2) is 13.6 Å². The van der Waals surface area contributed by atoms with Gasteiger partial charge in [-0.05, 0) is 24.1 Å². The van der Waals surface area contributed by atoms with E-state index in [0.29, 0.717) is 18.5 Å². The van der Waals surface area contributed by atoms with Crippen LogP contribution in [0.3, 0.4) is 0 Å². The van der Waals surface area contributed by atoms with Crippen molar-refractivity contribution in [2.45, 2.75) is 38.9 Å². The summed E-state index contributed by atoms with van der Waals surface area (Å²) in [5.41, 5.74) is 4.61. The number of hydrogen-bond acceptors (Lipinski definition) is 4. The van der Waals surface area contributed by atoms with Crippen LogP contribution < -0.4 is 22.3 Å². The van der Waals surface area contributed by atoms with Crippen molar-refractivity contribution < 1.29 is 13.6 Å². The number of carbonyl (C=O) groups excluding carboxylic acids is 1. The average molecular weight is 456 g/mol. The molecule has 0 aliphatic rings. The molecule has 1 aromatic heterocycles. The number of amides is 1. The van der Waals surface area contributed by atoms with E-state index in [1.165, 1.54) is 6.07 Å². The predicted molar refractivity (Wildman–Crippen MR) is 121 cm³/mol. The molecule has 0 fully saturated rings. The van der Waals surface area contributed by atoms with E-state index >= 15 is 0 Å². The number of nitrogens with zero attached hydrogens (tertiary/aromatic N) is 2. The maximum absolute atomic E-state index is 14.2. The molecule has 1 heterocycles. The van der Waals surface area contributed by atoms with Crippen LogP contribution in [0, 0.1) is 11.6 Å². The maximum atomic E-state index is 14.2. The zero-order valence-electron chi connectivity index (χ0n) is 18.3. The first-order valence-electron chi connectivity index (χ1n) is 10.7. The second-order valence-electron chi connectivity index (χ2n) is 7.70. The van der Waals surface area contributed by atoms with Crippen LogP contribution >= 0.6 is 0 Å². The molecule has 174 valence electrons. The summed E-state index contributed by atoms with van der Waals surface area (Å²) >= 11 is 0. The van der Waals surface area contributed by atoms with Gasteiger partial charge in [-0.1, -0.05) is 49.7 Å². The molecular weight excluding hydrogens is 430 g/mol. The summed E-state index contributed by atoms with van der Waals surface area (Å²) in [5.74, 6) is -2.34. The van der Waals surface area contributed by atoms with Gasteiger partial charge in [0.2, 0.25) is 0 Å². The summed E-state index contributed by atoms with van der Waals surface area (Å²) < 4.78 is 30.2. The Morgan fingerprint density at radius 1 is 1.06 bits per heavy atom. The lowest BCUT2D eigenvalue weighted by atomic mass is 10.1. The van der Waals surface area contributed by atoms with E-state index in [1.54, 1.807) is 30.3 Å². The van der Waals surface area contributed by atoms with Crippen LogP contribution in [0.4, 0.5) is 8.78 Å². The Bertz CT molecular complexity index is 1220. The predicted octanol–water partition coefficient (Wildman–Crippen LogP) is 2.57. The van der Waals surface area contributed by atoms with Crippen LogP contribution in [0.5, 0.6) is 0 Å². The molecule has 0 unspecified atom stereocenters. The van der Waals surface area contributed by atoms with Crippen LogP contribution in [0.1, 0.15) is 47.3 Å². The summed E-state index contributed by atoms with van der Waals surface area (Å²) in [4.78, 5) is 38.8. The van der Waals surface area contributed by atoms with Gasteiger partial charge in [-0.3, -0.25) is 18.7 Å². The molecule has 0 radical (unpaired) electrons. The normalized spacial score (nSPS) is 11.9. The Labute approximate surface area is 189 Å². The third kappa shape index (κ3) is 5.61. The number of nitrogens with one attached hydrogen (secondary N) is 1. The van der Waals surface area contributed by atoms with Crippen molar-refractivity contribution >= 4 is 5.91 Å². The van der Waals surface area contributed by atoms with Gasteiger partial charge in [0.25, 0.3) is 11.5 Å². The maximum Gasteiger partial charge on any atom is 0.331 e. The van der Waals surface area contributed by atoms with Gasteiger partial charge in [-0.2, -0.15) is 0 Å². The molecule has 1 atom stereocenters. The molecule has 33 heavy (non-hydrogen) atoms. The highest BCUT2D eigenvalue weighted by molar-refractivity contribution is 5.93. The van der Waals surface area contributed by atoms with Gasteiger partial charge in [0, 0.05) is 24.3 Å². The summed E-state index contributed by atoms with van der Waals surface area (Å²) in [7, 11) is 0. The van der Waals surface area contributed by atoms with Gasteiger partial charge < -0.3 is 11.1 Å². The molecule has 0 spiro atoms. The van der Waals surface area contributed by atoms with E-state index in [4.69, 9.17) is 5.73 Å². The highest BCUT2D eigenvalue weighted by Gasteiger charge is 2.21. The van der Waals surface area contributed by atoms with Crippen LogP contribution in [-0.2, 0) is 13.1 Å². The molecule has 7 nitrogen and oxygen atoms in total. The van der Waals surface area contributed by atoms with Crippen molar-refractivity contribution in [1.29, 1.82) is 0 Å². The Balaban J connectivity index is 2.07. The lowest BCUT2D eigenvalue weighted by Crippen LogP contribution is -2.46. The number of carbonyl (C=O) groups is 1. The first-order valence-corrected chi connectivity index (χ1v) is 10.7. The largest absolute Gasteiger partial charge is 0.352 e. The fourth-order valence-electron chi connectivity index (χ4n) is 3.41. The number of halogens is 2. The number of benzene rings is 2. The lowest BCUT2D eigenvalue weighted by molar-refractivity contribution is 0.0949. The van der Waals surface area contributed by atoms with Crippen molar-refractivity contribution in [2.75, 3.05) is 6.54 Å². The third-order valence-electron chi connectivity index (χ3n) is 5.29. The Morgan fingerprint density at radius 3 is 2.36 bits per heavy atom. The number of rotatable bonds is 9. The minimum Gasteiger partial charge on any atom is -0.352 e. The van der Waals surface area contributed by atoms with Gasteiger partial charge in [-0.15, -0.1) is 0 Å². The molecule has 9 heteroatoms. The molecule has 3 aromatic rings. The van der Waals surface area contributed by atoms with Gasteiger partial charge in [0.1, 0.15) is 17.2 Å². The molecule has 0 bridgehead atoms. The highest BCUT2D eigenvalue weighted by Crippen LogP contribution is 2.14. The van der Waals surface area contributed by atoms with Gasteiger partial charge >= 0.3 is 5.69 Å². The number of nitrogens with two attached hydrogens (primary N) is 1. The van der Waals surface area contributed by atoms with Crippen LogP contribution in [0.25, 0.3) is 0 Å². The molecule has 0 saturated heterocycles. The number of aromatic nitrogens is 2. The summed E-state index contributed by atoms with van der Waals surface area (Å²) in [6, 6.07) is 11.5. The fourth-order valence-corrected chi connectivity index (χ4v) is 3.41. The molecule has 1 amide bonds. The average Bonchev–Trinajstić information content (AvgIpc) is 2.81. The van der Waals surface area contributed by atoms with Crippen molar-refractivity contribution in [1.82, 2.24) is 14.5 Å². The van der Waals surface area contributed by atoms with Crippen LogP contribution in [-0.4, -0.2) is 21.6 Å². The Morgan fingerprint density at radius 2 is 1.73 bits per heavy atom. The second kappa shape index (κ2) is 10.8. The van der Waals surface area contributed by atoms with E-state index in [-0.39, 0.29) is 17.7 Å². The SMILES string of the molecule is CCCCNC(=O)c1cn(Cc2c(F)cccc2F)c(=O)n(C[C@H](N)c2ccccc2)c1=O. The third-order valence-corrected chi connectivity index (χ3v) is 5.29. The molecule has 3 rings (SSSR count). The monoisotopic (exact) mass is 456 g/mol. The van der Waals surface area contributed by atoms with E-state index in [9.17, 15) is 23.2 Å². The first kappa shape index (κ1) is 24.1. The summed E-state index contributed by atoms with van der Waals surface area (Å²) in [6.45, 7) is 1.59. The van der Waals surface area contributed by atoms with E-state index in [1.807, 2.05) is 6.92 Å². The fraction of sp³-hybridized carbons (Fsp3) is 0.292. The molecule has 0 saturated carbocycles. The second-order valence-corrected chi connectivity index (χ2v) is 7.70. The van der Waals surface area contributed by atoms with E-state index in [0.717, 1.165) is 33.9 Å². The molecular formula is C24H26F2N4O3. The standard InChI is InChI=1S/C24H26F2N4O3/c1-2-3-12-28-22(31)18-14-29(13-17-19(25)10-7-11-20(17)26)24(33)30(23(18)32)15-21(27)16-8-5-4-6-9-16/h4-11,14,21H,2-3,12-13,15,27H2,1H3,(H,28,31)/t21-/m0/s1. The first-order chi connectivity index (χ1) is 15.8. The van der Waals surface area contributed by atoms with Crippen LogP contribution in [0.2, 0.25) is 0 Å². The van der Waals surface area contributed by atoms with E-state index < -0.39 is 41.4 Å². The van der Waals surface area contributed by atoms with Crippen LogP contribution in [0.15, 0.2) is 64.3 Å². The molecule has 2 aromatic carbocycles. The minimum absolute atomic E-state index is 0.211.